The Hall–Kier alpha value is -1.36. The Morgan fingerprint density at radius 1 is 1.53 bits per heavy atom. The Morgan fingerprint density at radius 3 is 2.84 bits per heavy atom. The largest absolute Gasteiger partial charge is 0.385 e. The average molecular weight is 265 g/mol. The number of anilines is 1. The minimum Gasteiger partial charge on any atom is -0.385 e. The highest BCUT2D eigenvalue weighted by atomic mass is 16.5. The summed E-state index contributed by atoms with van der Waals surface area (Å²) in [6, 6.07) is 0.152. The van der Waals surface area contributed by atoms with Crippen LogP contribution < -0.4 is 10.9 Å². The first-order valence-corrected chi connectivity index (χ1v) is 6.88. The molecule has 0 amide bonds. The standard InChI is InChI=1S/C14H23N3O2/c1-11(2)17-8-7-15-12(13(17)18)16-10-14(4-5-14)6-9-19-3/h7-8,11H,4-6,9-10H2,1-3H3,(H,15,16). The molecule has 0 aromatic carbocycles. The van der Waals surface area contributed by atoms with Crippen LogP contribution >= 0.6 is 0 Å². The summed E-state index contributed by atoms with van der Waals surface area (Å²) in [7, 11) is 1.73. The minimum atomic E-state index is -0.0416. The van der Waals surface area contributed by atoms with Crippen molar-refractivity contribution in [3.05, 3.63) is 22.7 Å². The van der Waals surface area contributed by atoms with Crippen molar-refractivity contribution in [2.24, 2.45) is 5.41 Å². The fourth-order valence-corrected chi connectivity index (χ4v) is 2.23. The number of nitrogens with zero attached hydrogens (tertiary/aromatic N) is 2. The summed E-state index contributed by atoms with van der Waals surface area (Å²) in [6.45, 7) is 5.57. The van der Waals surface area contributed by atoms with Crippen LogP contribution in [-0.4, -0.2) is 29.8 Å². The van der Waals surface area contributed by atoms with Gasteiger partial charge < -0.3 is 14.6 Å². The van der Waals surface area contributed by atoms with Gasteiger partial charge in [-0.1, -0.05) is 0 Å². The molecule has 1 N–H and O–H groups in total. The van der Waals surface area contributed by atoms with Gasteiger partial charge in [-0.3, -0.25) is 4.79 Å². The van der Waals surface area contributed by atoms with Crippen LogP contribution in [0, 0.1) is 5.41 Å². The molecule has 1 aliphatic carbocycles. The molecule has 1 saturated carbocycles. The van der Waals surface area contributed by atoms with Crippen molar-refractivity contribution in [3.8, 4) is 0 Å². The van der Waals surface area contributed by atoms with Gasteiger partial charge in [0.15, 0.2) is 5.82 Å². The summed E-state index contributed by atoms with van der Waals surface area (Å²) in [5.74, 6) is 0.458. The maximum Gasteiger partial charge on any atom is 0.293 e. The van der Waals surface area contributed by atoms with Gasteiger partial charge in [0.05, 0.1) is 0 Å². The van der Waals surface area contributed by atoms with Crippen LogP contribution in [0.4, 0.5) is 5.82 Å². The molecule has 2 rings (SSSR count). The summed E-state index contributed by atoms with van der Waals surface area (Å²) in [5, 5.41) is 3.22. The maximum absolute atomic E-state index is 12.2. The molecule has 1 aliphatic rings. The van der Waals surface area contributed by atoms with Crippen molar-refractivity contribution in [1.82, 2.24) is 9.55 Å². The normalized spacial score (nSPS) is 16.6. The Morgan fingerprint density at radius 2 is 2.26 bits per heavy atom. The second-order valence-corrected chi connectivity index (χ2v) is 5.68. The van der Waals surface area contributed by atoms with Crippen LogP contribution in [0.25, 0.3) is 0 Å². The van der Waals surface area contributed by atoms with E-state index in [1.54, 1.807) is 24.1 Å². The third-order valence-corrected chi connectivity index (χ3v) is 3.85. The number of aromatic nitrogens is 2. The zero-order valence-corrected chi connectivity index (χ0v) is 12.0. The molecule has 106 valence electrons. The quantitative estimate of drug-likeness (QED) is 0.820. The van der Waals surface area contributed by atoms with Gasteiger partial charge in [-0.15, -0.1) is 0 Å². The Balaban J connectivity index is 2.00. The fraction of sp³-hybridized carbons (Fsp3) is 0.714. The van der Waals surface area contributed by atoms with Crippen molar-refractivity contribution in [2.45, 2.75) is 39.2 Å². The smallest absolute Gasteiger partial charge is 0.293 e. The molecule has 0 radical (unpaired) electrons. The monoisotopic (exact) mass is 265 g/mol. The summed E-state index contributed by atoms with van der Waals surface area (Å²) in [4.78, 5) is 16.3. The van der Waals surface area contributed by atoms with Gasteiger partial charge in [-0.2, -0.15) is 0 Å². The molecule has 0 bridgehead atoms. The molecule has 1 aromatic rings. The average Bonchev–Trinajstić information content (AvgIpc) is 3.15. The van der Waals surface area contributed by atoms with E-state index in [1.165, 1.54) is 12.8 Å². The SMILES string of the molecule is COCCC1(CNc2nccn(C(C)C)c2=O)CC1. The molecular weight excluding hydrogens is 242 g/mol. The number of nitrogens with one attached hydrogen (secondary N) is 1. The van der Waals surface area contributed by atoms with E-state index < -0.39 is 0 Å². The lowest BCUT2D eigenvalue weighted by Crippen LogP contribution is -2.28. The molecule has 0 spiro atoms. The van der Waals surface area contributed by atoms with E-state index in [0.29, 0.717) is 11.2 Å². The Labute approximate surface area is 114 Å². The molecule has 1 aromatic heterocycles. The van der Waals surface area contributed by atoms with Crippen LogP contribution in [0.15, 0.2) is 17.2 Å². The number of ether oxygens (including phenoxy) is 1. The van der Waals surface area contributed by atoms with Crippen LogP contribution in [0.3, 0.4) is 0 Å². The van der Waals surface area contributed by atoms with Crippen LogP contribution in [-0.2, 0) is 4.74 Å². The highest BCUT2D eigenvalue weighted by Crippen LogP contribution is 2.48. The van der Waals surface area contributed by atoms with Gasteiger partial charge in [0.2, 0.25) is 0 Å². The molecule has 5 heteroatoms. The Bertz CT molecular complexity index is 478. The van der Waals surface area contributed by atoms with E-state index in [4.69, 9.17) is 4.74 Å². The first kappa shape index (κ1) is 14.1. The molecule has 0 atom stereocenters. The topological polar surface area (TPSA) is 56.1 Å². The van der Waals surface area contributed by atoms with Crippen molar-refractivity contribution in [2.75, 3.05) is 25.6 Å². The van der Waals surface area contributed by atoms with E-state index in [0.717, 1.165) is 19.6 Å². The number of rotatable bonds is 7. The number of hydrogen-bond acceptors (Lipinski definition) is 4. The molecule has 5 nitrogen and oxygen atoms in total. The third-order valence-electron chi connectivity index (χ3n) is 3.85. The van der Waals surface area contributed by atoms with Crippen LogP contribution in [0.5, 0.6) is 0 Å². The fourth-order valence-electron chi connectivity index (χ4n) is 2.23. The summed E-state index contributed by atoms with van der Waals surface area (Å²) in [5.41, 5.74) is 0.267. The van der Waals surface area contributed by atoms with Crippen molar-refractivity contribution < 1.29 is 4.74 Å². The molecule has 0 unspecified atom stereocenters. The van der Waals surface area contributed by atoms with E-state index in [2.05, 4.69) is 10.3 Å². The van der Waals surface area contributed by atoms with Crippen LogP contribution in [0.1, 0.15) is 39.2 Å². The number of hydrogen-bond donors (Lipinski definition) is 1. The lowest BCUT2D eigenvalue weighted by Gasteiger charge is -2.16. The minimum absolute atomic E-state index is 0.0416. The highest BCUT2D eigenvalue weighted by Gasteiger charge is 2.41. The van der Waals surface area contributed by atoms with Crippen molar-refractivity contribution >= 4 is 5.82 Å². The zero-order valence-electron chi connectivity index (χ0n) is 12.0. The Kier molecular flexibility index (Phi) is 4.24. The van der Waals surface area contributed by atoms with Gasteiger partial charge in [-0.05, 0) is 38.5 Å². The van der Waals surface area contributed by atoms with Crippen molar-refractivity contribution in [1.29, 1.82) is 0 Å². The molecular formula is C14H23N3O2. The van der Waals surface area contributed by atoms with Crippen LogP contribution in [0.2, 0.25) is 0 Å². The lowest BCUT2D eigenvalue weighted by molar-refractivity contribution is 0.175. The summed E-state index contributed by atoms with van der Waals surface area (Å²) >= 11 is 0. The van der Waals surface area contributed by atoms with E-state index in [1.807, 2.05) is 13.8 Å². The summed E-state index contributed by atoms with van der Waals surface area (Å²) < 4.78 is 6.83. The van der Waals surface area contributed by atoms with Gasteiger partial charge in [0.1, 0.15) is 0 Å². The molecule has 19 heavy (non-hydrogen) atoms. The molecule has 1 heterocycles. The lowest BCUT2D eigenvalue weighted by atomic mass is 10.0. The predicted octanol–water partition coefficient (Wildman–Crippen LogP) is 2.05. The maximum atomic E-state index is 12.2. The molecule has 0 aliphatic heterocycles. The summed E-state index contributed by atoms with van der Waals surface area (Å²) in [6.07, 6.45) is 6.86. The number of methoxy groups -OCH3 is 1. The predicted molar refractivity (Wildman–Crippen MR) is 75.5 cm³/mol. The van der Waals surface area contributed by atoms with E-state index >= 15 is 0 Å². The van der Waals surface area contributed by atoms with Gasteiger partial charge in [0.25, 0.3) is 5.56 Å². The van der Waals surface area contributed by atoms with Gasteiger partial charge in [0, 0.05) is 38.7 Å². The van der Waals surface area contributed by atoms with E-state index in [9.17, 15) is 4.79 Å². The van der Waals surface area contributed by atoms with Gasteiger partial charge in [-0.25, -0.2) is 4.98 Å². The second kappa shape index (κ2) is 5.74. The third kappa shape index (κ3) is 3.35. The molecule has 0 saturated heterocycles. The van der Waals surface area contributed by atoms with E-state index in [-0.39, 0.29) is 11.6 Å². The van der Waals surface area contributed by atoms with Gasteiger partial charge >= 0.3 is 0 Å². The highest BCUT2D eigenvalue weighted by molar-refractivity contribution is 5.32. The first-order valence-electron chi connectivity index (χ1n) is 6.88. The first-order chi connectivity index (χ1) is 9.08. The van der Waals surface area contributed by atoms with Crippen molar-refractivity contribution in [3.63, 3.8) is 0 Å². The second-order valence-electron chi connectivity index (χ2n) is 5.68. The molecule has 1 fully saturated rings. The zero-order chi connectivity index (χ0) is 13.9.